The van der Waals surface area contributed by atoms with E-state index in [4.69, 9.17) is 11.6 Å². The van der Waals surface area contributed by atoms with E-state index in [2.05, 4.69) is 42.6 Å². The summed E-state index contributed by atoms with van der Waals surface area (Å²) in [5.74, 6) is 0. The summed E-state index contributed by atoms with van der Waals surface area (Å²) in [6, 6.07) is 16.6. The number of hydrogen-bond acceptors (Lipinski definition) is 2. The molecule has 0 saturated carbocycles. The minimum atomic E-state index is 0.783. The Morgan fingerprint density at radius 1 is 1.05 bits per heavy atom. The molecular formula is C16H18ClNS. The molecule has 0 spiro atoms. The lowest BCUT2D eigenvalue weighted by atomic mass is 10.2. The number of benzene rings is 2. The second-order valence-electron chi connectivity index (χ2n) is 4.38. The Kier molecular flexibility index (Phi) is 5.77. The van der Waals surface area contributed by atoms with Crippen LogP contribution < -0.4 is 5.32 Å². The minimum absolute atomic E-state index is 0.783. The highest BCUT2D eigenvalue weighted by Crippen LogP contribution is 2.29. The summed E-state index contributed by atoms with van der Waals surface area (Å²) in [6.07, 6.45) is 1.17. The van der Waals surface area contributed by atoms with E-state index in [1.165, 1.54) is 21.8 Å². The highest BCUT2D eigenvalue weighted by molar-refractivity contribution is 7.99. The van der Waals surface area contributed by atoms with Gasteiger partial charge in [0.05, 0.1) is 0 Å². The van der Waals surface area contributed by atoms with Gasteiger partial charge in [0.25, 0.3) is 0 Å². The van der Waals surface area contributed by atoms with Gasteiger partial charge in [-0.3, -0.25) is 0 Å². The van der Waals surface area contributed by atoms with Crippen molar-refractivity contribution in [2.75, 3.05) is 6.54 Å². The average Bonchev–Trinajstić information content (AvgIpc) is 2.41. The van der Waals surface area contributed by atoms with Gasteiger partial charge in [0.1, 0.15) is 0 Å². The summed E-state index contributed by atoms with van der Waals surface area (Å²) in [4.78, 5) is 2.41. The van der Waals surface area contributed by atoms with E-state index in [-0.39, 0.29) is 0 Å². The van der Waals surface area contributed by atoms with Gasteiger partial charge in [0.2, 0.25) is 0 Å². The fraction of sp³-hybridized carbons (Fsp3) is 0.250. The van der Waals surface area contributed by atoms with E-state index in [1.54, 1.807) is 11.8 Å². The van der Waals surface area contributed by atoms with Crippen LogP contribution in [0.15, 0.2) is 58.3 Å². The van der Waals surface area contributed by atoms with Gasteiger partial charge in [-0.2, -0.15) is 0 Å². The van der Waals surface area contributed by atoms with Crippen LogP contribution in [-0.2, 0) is 6.54 Å². The molecule has 2 rings (SSSR count). The van der Waals surface area contributed by atoms with Crippen LogP contribution in [0.5, 0.6) is 0 Å². The molecule has 3 heteroatoms. The Morgan fingerprint density at radius 3 is 2.53 bits per heavy atom. The fourth-order valence-electron chi connectivity index (χ4n) is 1.75. The van der Waals surface area contributed by atoms with Crippen LogP contribution in [0, 0.1) is 0 Å². The van der Waals surface area contributed by atoms with Gasteiger partial charge in [0, 0.05) is 21.4 Å². The summed E-state index contributed by atoms with van der Waals surface area (Å²) in [5, 5.41) is 4.19. The van der Waals surface area contributed by atoms with E-state index in [1.807, 2.05) is 18.2 Å². The van der Waals surface area contributed by atoms with Gasteiger partial charge in [-0.1, -0.05) is 48.5 Å². The standard InChI is InChI=1S/C16H18ClNS/c1-2-10-18-12-13-6-8-15(9-7-13)19-16-5-3-4-14(17)11-16/h3-9,11,18H,2,10,12H2,1H3. The molecule has 0 atom stereocenters. The van der Waals surface area contributed by atoms with Crippen LogP contribution >= 0.6 is 23.4 Å². The van der Waals surface area contributed by atoms with Crippen molar-refractivity contribution in [3.8, 4) is 0 Å². The molecule has 0 fully saturated rings. The zero-order chi connectivity index (χ0) is 13.5. The molecular weight excluding hydrogens is 274 g/mol. The molecule has 0 aromatic heterocycles. The first kappa shape index (κ1) is 14.4. The van der Waals surface area contributed by atoms with E-state index in [0.717, 1.165) is 18.1 Å². The van der Waals surface area contributed by atoms with E-state index >= 15 is 0 Å². The van der Waals surface area contributed by atoms with E-state index in [9.17, 15) is 0 Å². The molecule has 2 aromatic rings. The predicted molar refractivity (Wildman–Crippen MR) is 84.0 cm³/mol. The van der Waals surface area contributed by atoms with Gasteiger partial charge < -0.3 is 5.32 Å². The van der Waals surface area contributed by atoms with Crippen molar-refractivity contribution in [2.45, 2.75) is 29.7 Å². The monoisotopic (exact) mass is 291 g/mol. The Balaban J connectivity index is 1.95. The highest BCUT2D eigenvalue weighted by atomic mass is 35.5. The number of rotatable bonds is 6. The molecule has 0 saturated heterocycles. The lowest BCUT2D eigenvalue weighted by Crippen LogP contribution is -2.13. The van der Waals surface area contributed by atoms with Crippen LogP contribution in [0.25, 0.3) is 0 Å². The third kappa shape index (κ3) is 4.90. The van der Waals surface area contributed by atoms with Crippen LogP contribution in [0.1, 0.15) is 18.9 Å². The second-order valence-corrected chi connectivity index (χ2v) is 5.96. The maximum absolute atomic E-state index is 5.99. The molecule has 0 radical (unpaired) electrons. The van der Waals surface area contributed by atoms with Crippen molar-refractivity contribution in [2.24, 2.45) is 0 Å². The van der Waals surface area contributed by atoms with Crippen molar-refractivity contribution in [1.29, 1.82) is 0 Å². The molecule has 0 unspecified atom stereocenters. The van der Waals surface area contributed by atoms with Crippen molar-refractivity contribution >= 4 is 23.4 Å². The van der Waals surface area contributed by atoms with Crippen LogP contribution in [0.4, 0.5) is 0 Å². The van der Waals surface area contributed by atoms with Gasteiger partial charge in [-0.05, 0) is 48.9 Å². The first-order valence-electron chi connectivity index (χ1n) is 6.51. The molecule has 0 aliphatic carbocycles. The largest absolute Gasteiger partial charge is 0.313 e. The molecule has 2 aromatic carbocycles. The molecule has 1 nitrogen and oxygen atoms in total. The third-order valence-corrected chi connectivity index (χ3v) is 3.94. The molecule has 19 heavy (non-hydrogen) atoms. The third-order valence-electron chi connectivity index (χ3n) is 2.71. The quantitative estimate of drug-likeness (QED) is 0.753. The van der Waals surface area contributed by atoms with E-state index < -0.39 is 0 Å². The predicted octanol–water partition coefficient (Wildman–Crippen LogP) is 4.99. The van der Waals surface area contributed by atoms with Crippen molar-refractivity contribution in [3.05, 3.63) is 59.1 Å². The maximum atomic E-state index is 5.99. The number of halogens is 1. The molecule has 0 bridgehead atoms. The summed E-state index contributed by atoms with van der Waals surface area (Å²) >= 11 is 7.72. The lowest BCUT2D eigenvalue weighted by molar-refractivity contribution is 0.675. The zero-order valence-electron chi connectivity index (χ0n) is 11.0. The van der Waals surface area contributed by atoms with Crippen molar-refractivity contribution in [3.63, 3.8) is 0 Å². The van der Waals surface area contributed by atoms with E-state index in [0.29, 0.717) is 0 Å². The van der Waals surface area contributed by atoms with Crippen LogP contribution in [0.2, 0.25) is 5.02 Å². The number of nitrogens with one attached hydrogen (secondary N) is 1. The molecule has 0 aliphatic heterocycles. The molecule has 0 heterocycles. The lowest BCUT2D eigenvalue weighted by Gasteiger charge is -2.05. The molecule has 0 amide bonds. The molecule has 0 aliphatic rings. The summed E-state index contributed by atoms with van der Waals surface area (Å²) in [6.45, 7) is 4.19. The van der Waals surface area contributed by atoms with Crippen LogP contribution in [-0.4, -0.2) is 6.54 Å². The van der Waals surface area contributed by atoms with Gasteiger partial charge in [-0.15, -0.1) is 0 Å². The first-order valence-corrected chi connectivity index (χ1v) is 7.70. The first-order chi connectivity index (χ1) is 9.28. The van der Waals surface area contributed by atoms with Gasteiger partial charge in [-0.25, -0.2) is 0 Å². The summed E-state index contributed by atoms with van der Waals surface area (Å²) in [5.41, 5.74) is 1.32. The average molecular weight is 292 g/mol. The molecule has 1 N–H and O–H groups in total. The van der Waals surface area contributed by atoms with Gasteiger partial charge >= 0.3 is 0 Å². The highest BCUT2D eigenvalue weighted by Gasteiger charge is 1.99. The summed E-state index contributed by atoms with van der Waals surface area (Å²) < 4.78 is 0. The Hall–Kier alpha value is -0.960. The zero-order valence-corrected chi connectivity index (χ0v) is 12.6. The topological polar surface area (TPSA) is 12.0 Å². The normalized spacial score (nSPS) is 10.6. The second kappa shape index (κ2) is 7.59. The maximum Gasteiger partial charge on any atom is 0.0417 e. The smallest absolute Gasteiger partial charge is 0.0417 e. The van der Waals surface area contributed by atoms with Crippen molar-refractivity contribution in [1.82, 2.24) is 5.32 Å². The minimum Gasteiger partial charge on any atom is -0.313 e. The Labute approximate surface area is 124 Å². The summed E-state index contributed by atoms with van der Waals surface area (Å²) in [7, 11) is 0. The molecule has 100 valence electrons. The Bertz CT molecular complexity index is 510. The number of hydrogen-bond donors (Lipinski definition) is 1. The SMILES string of the molecule is CCCNCc1ccc(Sc2cccc(Cl)c2)cc1. The fourth-order valence-corrected chi connectivity index (χ4v) is 2.88. The van der Waals surface area contributed by atoms with Crippen LogP contribution in [0.3, 0.4) is 0 Å². The van der Waals surface area contributed by atoms with Crippen molar-refractivity contribution < 1.29 is 0 Å². The van der Waals surface area contributed by atoms with Gasteiger partial charge in [0.15, 0.2) is 0 Å². The Morgan fingerprint density at radius 2 is 1.84 bits per heavy atom.